The fourth-order valence-corrected chi connectivity index (χ4v) is 3.36. The molecule has 1 unspecified atom stereocenters. The molecule has 1 aromatic rings. The highest BCUT2D eigenvalue weighted by molar-refractivity contribution is 5.78. The number of hydrogen-bond donors (Lipinski definition) is 1. The van der Waals surface area contributed by atoms with Crippen LogP contribution in [0.1, 0.15) is 82.4 Å². The van der Waals surface area contributed by atoms with E-state index < -0.39 is 0 Å². The number of benzene rings is 1. The third-order valence-corrected chi connectivity index (χ3v) is 4.85. The van der Waals surface area contributed by atoms with E-state index in [2.05, 4.69) is 20.8 Å². The molecule has 1 saturated carbocycles. The maximum atomic E-state index is 12.5. The van der Waals surface area contributed by atoms with Crippen molar-refractivity contribution in [2.24, 2.45) is 0 Å². The Labute approximate surface area is 140 Å². The molecule has 128 valence electrons. The van der Waals surface area contributed by atoms with Gasteiger partial charge in [-0.05, 0) is 67.7 Å². The standard InChI is InChI=1S/C20H30O3/c1-13-11-17(20(3,4)5)18(21)12-16(13)14(2)19(22)23-15-9-7-6-8-10-15/h11-12,14-15,21H,6-10H2,1-5H3. The highest BCUT2D eigenvalue weighted by atomic mass is 16.5. The third-order valence-electron chi connectivity index (χ3n) is 4.85. The van der Waals surface area contributed by atoms with Crippen molar-refractivity contribution in [3.05, 3.63) is 28.8 Å². The minimum absolute atomic E-state index is 0.0708. The van der Waals surface area contributed by atoms with Crippen molar-refractivity contribution in [1.29, 1.82) is 0 Å². The smallest absolute Gasteiger partial charge is 0.313 e. The van der Waals surface area contributed by atoms with Gasteiger partial charge in [-0.3, -0.25) is 4.79 Å². The molecule has 2 rings (SSSR count). The molecule has 1 N–H and O–H groups in total. The van der Waals surface area contributed by atoms with Crippen molar-refractivity contribution < 1.29 is 14.6 Å². The van der Waals surface area contributed by atoms with E-state index >= 15 is 0 Å². The zero-order chi connectivity index (χ0) is 17.2. The van der Waals surface area contributed by atoms with Gasteiger partial charge >= 0.3 is 5.97 Å². The topological polar surface area (TPSA) is 46.5 Å². The molecular weight excluding hydrogens is 288 g/mol. The van der Waals surface area contributed by atoms with Crippen LogP contribution < -0.4 is 0 Å². The second-order valence-corrected chi connectivity index (χ2v) is 7.89. The number of rotatable bonds is 3. The Kier molecular flexibility index (Phi) is 5.38. The van der Waals surface area contributed by atoms with Crippen molar-refractivity contribution in [1.82, 2.24) is 0 Å². The maximum Gasteiger partial charge on any atom is 0.313 e. The zero-order valence-corrected chi connectivity index (χ0v) is 15.1. The molecule has 0 radical (unpaired) electrons. The summed E-state index contributed by atoms with van der Waals surface area (Å²) in [5.74, 6) is -0.268. The number of ether oxygens (including phenoxy) is 1. The summed E-state index contributed by atoms with van der Waals surface area (Å²) in [6, 6.07) is 3.73. The summed E-state index contributed by atoms with van der Waals surface area (Å²) in [6.07, 6.45) is 5.56. The van der Waals surface area contributed by atoms with Gasteiger partial charge in [-0.15, -0.1) is 0 Å². The number of esters is 1. The van der Waals surface area contributed by atoms with Gasteiger partial charge in [0, 0.05) is 0 Å². The number of phenolic OH excluding ortho intramolecular Hbond substituents is 1. The van der Waals surface area contributed by atoms with Crippen LogP contribution in [-0.4, -0.2) is 17.2 Å². The Hall–Kier alpha value is -1.51. The van der Waals surface area contributed by atoms with Gasteiger partial charge in [-0.2, -0.15) is 0 Å². The number of hydrogen-bond acceptors (Lipinski definition) is 3. The molecule has 1 fully saturated rings. The summed E-state index contributed by atoms with van der Waals surface area (Å²) in [4.78, 5) is 12.5. The number of phenols is 1. The average Bonchev–Trinajstić information content (AvgIpc) is 2.48. The van der Waals surface area contributed by atoms with Gasteiger partial charge < -0.3 is 9.84 Å². The lowest BCUT2D eigenvalue weighted by Crippen LogP contribution is -2.24. The Balaban J connectivity index is 2.16. The first-order valence-corrected chi connectivity index (χ1v) is 8.74. The first-order chi connectivity index (χ1) is 10.7. The average molecular weight is 318 g/mol. The molecule has 1 aromatic carbocycles. The number of aromatic hydroxyl groups is 1. The van der Waals surface area contributed by atoms with E-state index in [4.69, 9.17) is 4.74 Å². The van der Waals surface area contributed by atoms with Crippen LogP contribution in [0.2, 0.25) is 0 Å². The van der Waals surface area contributed by atoms with Crippen molar-refractivity contribution in [2.75, 3.05) is 0 Å². The molecule has 23 heavy (non-hydrogen) atoms. The van der Waals surface area contributed by atoms with Gasteiger partial charge in [0.1, 0.15) is 11.9 Å². The van der Waals surface area contributed by atoms with Gasteiger partial charge in [0.15, 0.2) is 0 Å². The number of carbonyl (C=O) groups is 1. The lowest BCUT2D eigenvalue weighted by Gasteiger charge is -2.25. The Morgan fingerprint density at radius 1 is 1.22 bits per heavy atom. The molecule has 1 atom stereocenters. The lowest BCUT2D eigenvalue weighted by atomic mass is 9.83. The fraction of sp³-hybridized carbons (Fsp3) is 0.650. The lowest BCUT2D eigenvalue weighted by molar-refractivity contribution is -0.151. The van der Waals surface area contributed by atoms with Gasteiger partial charge in [-0.1, -0.05) is 33.3 Å². The summed E-state index contributed by atoms with van der Waals surface area (Å²) < 4.78 is 5.68. The highest BCUT2D eigenvalue weighted by Crippen LogP contribution is 2.35. The minimum atomic E-state index is -0.350. The van der Waals surface area contributed by atoms with Crippen LogP contribution in [-0.2, 0) is 14.9 Å². The number of aryl methyl sites for hydroxylation is 1. The van der Waals surface area contributed by atoms with Crippen molar-refractivity contribution >= 4 is 5.97 Å². The molecule has 0 aliphatic heterocycles. The van der Waals surface area contributed by atoms with Crippen molar-refractivity contribution in [3.8, 4) is 5.75 Å². The quantitative estimate of drug-likeness (QED) is 0.800. The second kappa shape index (κ2) is 6.94. The molecule has 0 bridgehead atoms. The summed E-state index contributed by atoms with van der Waals surface area (Å²) in [6.45, 7) is 10.1. The van der Waals surface area contributed by atoms with Gasteiger partial charge in [0.2, 0.25) is 0 Å². The molecule has 1 aliphatic carbocycles. The first kappa shape index (κ1) is 17.8. The number of carbonyl (C=O) groups excluding carboxylic acids is 1. The zero-order valence-electron chi connectivity index (χ0n) is 15.1. The molecule has 0 heterocycles. The van der Waals surface area contributed by atoms with Gasteiger partial charge in [0.05, 0.1) is 5.92 Å². The van der Waals surface area contributed by atoms with Crippen LogP contribution >= 0.6 is 0 Å². The van der Waals surface area contributed by atoms with E-state index in [1.165, 1.54) is 6.42 Å². The Bertz CT molecular complexity index is 563. The van der Waals surface area contributed by atoms with Crippen LogP contribution in [0.3, 0.4) is 0 Å². The fourth-order valence-electron chi connectivity index (χ4n) is 3.36. The van der Waals surface area contributed by atoms with Crippen LogP contribution in [0, 0.1) is 6.92 Å². The predicted octanol–water partition coefficient (Wildman–Crippen LogP) is 4.98. The van der Waals surface area contributed by atoms with Crippen LogP contribution in [0.15, 0.2) is 12.1 Å². The normalized spacial score (nSPS) is 17.8. The van der Waals surface area contributed by atoms with E-state index in [-0.39, 0.29) is 29.2 Å². The summed E-state index contributed by atoms with van der Waals surface area (Å²) >= 11 is 0. The summed E-state index contributed by atoms with van der Waals surface area (Å²) in [5.41, 5.74) is 2.67. The molecule has 0 aromatic heterocycles. The molecule has 0 saturated heterocycles. The van der Waals surface area contributed by atoms with E-state index in [0.717, 1.165) is 42.4 Å². The van der Waals surface area contributed by atoms with Crippen molar-refractivity contribution in [2.45, 2.75) is 84.2 Å². The summed E-state index contributed by atoms with van der Waals surface area (Å²) in [7, 11) is 0. The first-order valence-electron chi connectivity index (χ1n) is 8.74. The monoisotopic (exact) mass is 318 g/mol. The molecule has 0 spiro atoms. The van der Waals surface area contributed by atoms with Crippen molar-refractivity contribution in [3.63, 3.8) is 0 Å². The van der Waals surface area contributed by atoms with Crippen LogP contribution in [0.5, 0.6) is 5.75 Å². The van der Waals surface area contributed by atoms with E-state index in [0.29, 0.717) is 0 Å². The molecule has 3 nitrogen and oxygen atoms in total. The Morgan fingerprint density at radius 3 is 2.39 bits per heavy atom. The summed E-state index contributed by atoms with van der Waals surface area (Å²) in [5, 5.41) is 10.4. The highest BCUT2D eigenvalue weighted by Gasteiger charge is 2.26. The van der Waals surface area contributed by atoms with E-state index in [1.807, 2.05) is 19.9 Å². The van der Waals surface area contributed by atoms with Crippen LogP contribution in [0.25, 0.3) is 0 Å². The minimum Gasteiger partial charge on any atom is -0.508 e. The van der Waals surface area contributed by atoms with Gasteiger partial charge in [0.25, 0.3) is 0 Å². The predicted molar refractivity (Wildman–Crippen MR) is 92.9 cm³/mol. The molecular formula is C20H30O3. The molecule has 1 aliphatic rings. The van der Waals surface area contributed by atoms with E-state index in [1.54, 1.807) is 6.07 Å². The SMILES string of the molecule is Cc1cc(C(C)(C)C)c(O)cc1C(C)C(=O)OC1CCCCC1. The third kappa shape index (κ3) is 4.27. The molecule has 0 amide bonds. The molecule has 3 heteroatoms. The largest absolute Gasteiger partial charge is 0.508 e. The Morgan fingerprint density at radius 2 is 1.83 bits per heavy atom. The van der Waals surface area contributed by atoms with E-state index in [9.17, 15) is 9.90 Å². The van der Waals surface area contributed by atoms with Gasteiger partial charge in [-0.25, -0.2) is 0 Å². The second-order valence-electron chi connectivity index (χ2n) is 7.89. The van der Waals surface area contributed by atoms with Crippen LogP contribution in [0.4, 0.5) is 0 Å². The maximum absolute atomic E-state index is 12.5.